The van der Waals surface area contributed by atoms with Crippen molar-refractivity contribution in [1.29, 1.82) is 0 Å². The Bertz CT molecular complexity index is 1660. The van der Waals surface area contributed by atoms with Crippen molar-refractivity contribution in [2.45, 2.75) is 12.5 Å². The number of aromatic amines is 1. The van der Waals surface area contributed by atoms with E-state index >= 15 is 0 Å². The summed E-state index contributed by atoms with van der Waals surface area (Å²) in [7, 11) is 1.58. The Morgan fingerprint density at radius 3 is 2.51 bits per heavy atom. The van der Waals surface area contributed by atoms with E-state index in [-0.39, 0.29) is 28.4 Å². The quantitative estimate of drug-likeness (QED) is 0.0922. The lowest BCUT2D eigenvalue weighted by atomic mass is 9.95. The SMILES string of the molecule is COc1ccc2[nH]cc(CCN3C(=O)C(=O)C(=C(O)c4ccc([N+](=O)[O-])cc4)[C@@H]3c3ccc(Cl)cc3Cl)c2c1. The number of nitro benzene ring substituents is 1. The molecule has 1 fully saturated rings. The maximum atomic E-state index is 13.3. The van der Waals surface area contributed by atoms with Crippen LogP contribution in [0, 0.1) is 10.1 Å². The Balaban J connectivity index is 1.57. The number of amides is 1. The highest BCUT2D eigenvalue weighted by Crippen LogP contribution is 2.42. The van der Waals surface area contributed by atoms with E-state index in [0.717, 1.165) is 16.5 Å². The number of halogens is 2. The van der Waals surface area contributed by atoms with Gasteiger partial charge in [-0.3, -0.25) is 19.7 Å². The van der Waals surface area contributed by atoms with E-state index in [1.165, 1.54) is 35.2 Å². The third-order valence-electron chi connectivity index (χ3n) is 6.75. The van der Waals surface area contributed by atoms with Gasteiger partial charge < -0.3 is 19.7 Å². The van der Waals surface area contributed by atoms with Crippen LogP contribution in [0.15, 0.2) is 72.4 Å². The molecular formula is C28H21Cl2N3O6. The second-order valence-corrected chi connectivity index (χ2v) is 9.78. The molecule has 1 aliphatic rings. The molecule has 0 saturated carbocycles. The molecule has 39 heavy (non-hydrogen) atoms. The number of carbonyl (C=O) groups is 2. The summed E-state index contributed by atoms with van der Waals surface area (Å²) in [6, 6.07) is 14.3. The van der Waals surface area contributed by atoms with Crippen molar-refractivity contribution >= 4 is 57.2 Å². The number of aliphatic hydroxyl groups excluding tert-OH is 1. The molecule has 0 unspecified atom stereocenters. The number of nitro groups is 1. The fraction of sp³-hybridized carbons (Fsp3) is 0.143. The average molecular weight is 566 g/mol. The molecule has 11 heteroatoms. The van der Waals surface area contributed by atoms with Crippen molar-refractivity contribution in [3.05, 3.63) is 109 Å². The number of likely N-dealkylation sites (tertiary alicyclic amines) is 1. The summed E-state index contributed by atoms with van der Waals surface area (Å²) in [4.78, 5) is 41.7. The first kappa shape index (κ1) is 26.3. The molecular weight excluding hydrogens is 545 g/mol. The smallest absolute Gasteiger partial charge is 0.295 e. The highest BCUT2D eigenvalue weighted by Gasteiger charge is 2.46. The lowest BCUT2D eigenvalue weighted by Gasteiger charge is -2.26. The maximum Gasteiger partial charge on any atom is 0.295 e. The molecule has 2 N–H and O–H groups in total. The van der Waals surface area contributed by atoms with Crippen molar-refractivity contribution < 1.29 is 24.4 Å². The molecule has 0 spiro atoms. The Hall–Kier alpha value is -4.34. The number of H-pyrrole nitrogens is 1. The van der Waals surface area contributed by atoms with Gasteiger partial charge in [0.1, 0.15) is 11.5 Å². The van der Waals surface area contributed by atoms with Crippen LogP contribution in [-0.2, 0) is 16.0 Å². The minimum atomic E-state index is -1.01. The third kappa shape index (κ3) is 4.82. The number of ketones is 1. The van der Waals surface area contributed by atoms with Gasteiger partial charge in [0, 0.05) is 51.4 Å². The number of fused-ring (bicyclic) bond motifs is 1. The van der Waals surface area contributed by atoms with Crippen molar-refractivity contribution in [2.75, 3.05) is 13.7 Å². The number of hydrogen-bond acceptors (Lipinski definition) is 6. The minimum Gasteiger partial charge on any atom is -0.507 e. The highest BCUT2D eigenvalue weighted by molar-refractivity contribution is 6.47. The van der Waals surface area contributed by atoms with Crippen molar-refractivity contribution in [2.24, 2.45) is 0 Å². The summed E-state index contributed by atoms with van der Waals surface area (Å²) in [5, 5.41) is 23.8. The fourth-order valence-electron chi connectivity index (χ4n) is 4.79. The van der Waals surface area contributed by atoms with Gasteiger partial charge in [-0.25, -0.2) is 0 Å². The van der Waals surface area contributed by atoms with Crippen LogP contribution in [0.1, 0.15) is 22.7 Å². The number of non-ortho nitro benzene ring substituents is 1. The van der Waals surface area contributed by atoms with Gasteiger partial charge in [0.25, 0.3) is 17.4 Å². The summed E-state index contributed by atoms with van der Waals surface area (Å²) in [5.74, 6) is -1.47. The normalized spacial score (nSPS) is 16.7. The third-order valence-corrected chi connectivity index (χ3v) is 7.31. The van der Waals surface area contributed by atoms with Crippen LogP contribution in [0.4, 0.5) is 5.69 Å². The molecule has 4 aromatic rings. The van der Waals surface area contributed by atoms with Gasteiger partial charge in [-0.2, -0.15) is 0 Å². The van der Waals surface area contributed by atoms with E-state index < -0.39 is 28.4 Å². The molecule has 198 valence electrons. The van der Waals surface area contributed by atoms with Crippen LogP contribution in [0.3, 0.4) is 0 Å². The predicted octanol–water partition coefficient (Wildman–Crippen LogP) is 6.06. The lowest BCUT2D eigenvalue weighted by Crippen LogP contribution is -2.31. The second-order valence-electron chi connectivity index (χ2n) is 8.94. The Kier molecular flexibility index (Phi) is 7.03. The van der Waals surface area contributed by atoms with Crippen LogP contribution >= 0.6 is 23.2 Å². The number of methoxy groups -OCH3 is 1. The van der Waals surface area contributed by atoms with Crippen LogP contribution in [-0.4, -0.2) is 45.3 Å². The number of rotatable bonds is 7. The number of carbonyl (C=O) groups excluding carboxylic acids is 2. The highest BCUT2D eigenvalue weighted by atomic mass is 35.5. The lowest BCUT2D eigenvalue weighted by molar-refractivity contribution is -0.384. The number of nitrogens with zero attached hydrogens (tertiary/aromatic N) is 2. The second kappa shape index (κ2) is 10.4. The number of hydrogen-bond donors (Lipinski definition) is 2. The van der Waals surface area contributed by atoms with E-state index in [1.54, 1.807) is 19.2 Å². The zero-order valence-corrected chi connectivity index (χ0v) is 22.0. The maximum absolute atomic E-state index is 13.3. The van der Waals surface area contributed by atoms with Crippen LogP contribution < -0.4 is 4.74 Å². The molecule has 5 rings (SSSR count). The van der Waals surface area contributed by atoms with Crippen LogP contribution in [0.25, 0.3) is 16.7 Å². The largest absolute Gasteiger partial charge is 0.507 e. The van der Waals surface area contributed by atoms with E-state index in [4.69, 9.17) is 27.9 Å². The number of ether oxygens (including phenoxy) is 1. The molecule has 2 heterocycles. The standard InChI is InChI=1S/C28H21Cl2N3O6/c1-39-19-7-9-23-21(13-19)16(14-31-23)10-11-32-25(20-8-4-17(29)12-22(20)30)24(27(35)28(32)36)26(34)15-2-5-18(6-3-15)33(37)38/h2-9,12-14,25,31,34H,10-11H2,1H3/t25-/m0/s1. The van der Waals surface area contributed by atoms with Crippen molar-refractivity contribution in [1.82, 2.24) is 9.88 Å². The van der Waals surface area contributed by atoms with Gasteiger partial charge in [-0.1, -0.05) is 29.3 Å². The number of aromatic nitrogens is 1. The molecule has 0 bridgehead atoms. The first-order valence-electron chi connectivity index (χ1n) is 11.8. The van der Waals surface area contributed by atoms with Crippen LogP contribution in [0.2, 0.25) is 10.0 Å². The van der Waals surface area contributed by atoms with Gasteiger partial charge >= 0.3 is 0 Å². The molecule has 1 saturated heterocycles. The summed E-state index contributed by atoms with van der Waals surface area (Å²) < 4.78 is 5.34. The molecule has 9 nitrogen and oxygen atoms in total. The summed E-state index contributed by atoms with van der Waals surface area (Å²) >= 11 is 12.6. The zero-order chi connectivity index (χ0) is 27.8. The molecule has 1 aromatic heterocycles. The first-order valence-corrected chi connectivity index (χ1v) is 12.6. The summed E-state index contributed by atoms with van der Waals surface area (Å²) in [5.41, 5.74) is 2.01. The van der Waals surface area contributed by atoms with Gasteiger partial charge in [-0.15, -0.1) is 0 Å². The van der Waals surface area contributed by atoms with Crippen LogP contribution in [0.5, 0.6) is 5.75 Å². The van der Waals surface area contributed by atoms with Gasteiger partial charge in [0.2, 0.25) is 0 Å². The zero-order valence-electron chi connectivity index (χ0n) is 20.5. The van der Waals surface area contributed by atoms with Gasteiger partial charge in [-0.05, 0) is 60.0 Å². The van der Waals surface area contributed by atoms with Crippen molar-refractivity contribution in [3.8, 4) is 5.75 Å². The Labute approximate surface area is 232 Å². The predicted molar refractivity (Wildman–Crippen MR) is 147 cm³/mol. The van der Waals surface area contributed by atoms with E-state index in [1.807, 2.05) is 24.4 Å². The Morgan fingerprint density at radius 1 is 1.10 bits per heavy atom. The summed E-state index contributed by atoms with van der Waals surface area (Å²) in [6.07, 6.45) is 2.22. The number of Topliss-reactive ketones (excluding diaryl/α,β-unsaturated/α-hetero) is 1. The Morgan fingerprint density at radius 2 is 1.85 bits per heavy atom. The van der Waals surface area contributed by atoms with Gasteiger partial charge in [0.05, 0.1) is 23.6 Å². The minimum absolute atomic E-state index is 0.134. The van der Waals surface area contributed by atoms with E-state index in [0.29, 0.717) is 22.8 Å². The number of nitrogens with one attached hydrogen (secondary N) is 1. The molecule has 0 radical (unpaired) electrons. The van der Waals surface area contributed by atoms with E-state index in [2.05, 4.69) is 4.98 Å². The topological polar surface area (TPSA) is 126 Å². The average Bonchev–Trinajstić information content (AvgIpc) is 3.44. The molecule has 1 atom stereocenters. The van der Waals surface area contributed by atoms with E-state index in [9.17, 15) is 24.8 Å². The molecule has 0 aliphatic carbocycles. The fourth-order valence-corrected chi connectivity index (χ4v) is 5.30. The monoisotopic (exact) mass is 565 g/mol. The molecule has 1 aliphatic heterocycles. The number of benzene rings is 3. The number of aliphatic hydroxyl groups is 1. The molecule has 3 aromatic carbocycles. The van der Waals surface area contributed by atoms with Crippen molar-refractivity contribution in [3.63, 3.8) is 0 Å². The van der Waals surface area contributed by atoms with Gasteiger partial charge in [0.15, 0.2) is 0 Å². The first-order chi connectivity index (χ1) is 18.7. The summed E-state index contributed by atoms with van der Waals surface area (Å²) in [6.45, 7) is 0.134. The molecule has 1 amide bonds.